The smallest absolute Gasteiger partial charge is 0.412 e. The van der Waals surface area contributed by atoms with E-state index in [1.165, 1.54) is 27.7 Å². The Morgan fingerprint density at radius 2 is 1.32 bits per heavy atom. The minimum Gasteiger partial charge on any atom is -0.463 e. The van der Waals surface area contributed by atoms with Crippen molar-refractivity contribution in [2.45, 2.75) is 129 Å². The normalized spacial score (nSPS) is 27.9. The Kier molecular flexibility index (Phi) is 11.3. The Balaban J connectivity index is 2.27. The van der Waals surface area contributed by atoms with Crippen molar-refractivity contribution in [1.29, 1.82) is 0 Å². The van der Waals surface area contributed by atoms with Crippen LogP contribution in [0, 0.1) is 0 Å². The van der Waals surface area contributed by atoms with E-state index in [1.54, 1.807) is 39.5 Å². The maximum atomic E-state index is 13.0. The summed E-state index contributed by atoms with van der Waals surface area (Å²) >= 11 is 0. The number of hydrogen-bond acceptors (Lipinski definition) is 12. The summed E-state index contributed by atoms with van der Waals surface area (Å²) in [7, 11) is 0. The summed E-state index contributed by atoms with van der Waals surface area (Å²) in [5.74, 6) is -2.62. The zero-order valence-electron chi connectivity index (χ0n) is 24.8. The van der Waals surface area contributed by atoms with Crippen LogP contribution < -0.4 is 0 Å². The monoisotopic (exact) mass is 573 g/mol. The molecule has 0 aliphatic carbocycles. The zero-order chi connectivity index (χ0) is 30.4. The molecule has 0 N–H and O–H groups in total. The average molecular weight is 574 g/mol. The van der Waals surface area contributed by atoms with Crippen LogP contribution in [0.1, 0.15) is 81.6 Å². The largest absolute Gasteiger partial charge is 0.463 e. The third kappa shape index (κ3) is 9.61. The van der Waals surface area contributed by atoms with Gasteiger partial charge in [-0.3, -0.25) is 24.1 Å². The van der Waals surface area contributed by atoms with E-state index in [0.717, 1.165) is 0 Å². The van der Waals surface area contributed by atoms with Crippen molar-refractivity contribution in [3.8, 4) is 0 Å². The molecular weight excluding hydrogens is 530 g/mol. The Labute approximate surface area is 235 Å². The number of carbonyl (C=O) groups excluding carboxylic acids is 5. The Morgan fingerprint density at radius 1 is 0.800 bits per heavy atom. The van der Waals surface area contributed by atoms with Gasteiger partial charge < -0.3 is 33.2 Å². The van der Waals surface area contributed by atoms with E-state index < -0.39 is 71.8 Å². The van der Waals surface area contributed by atoms with Crippen LogP contribution >= 0.6 is 0 Å². The molecule has 2 aliphatic heterocycles. The number of ether oxygens (including phenoxy) is 7. The van der Waals surface area contributed by atoms with Crippen molar-refractivity contribution in [3.05, 3.63) is 0 Å². The van der Waals surface area contributed by atoms with Gasteiger partial charge in [-0.05, 0) is 53.9 Å². The quantitative estimate of drug-likeness (QED) is 0.294. The van der Waals surface area contributed by atoms with Crippen molar-refractivity contribution in [3.63, 3.8) is 0 Å². The molecule has 2 heterocycles. The van der Waals surface area contributed by atoms with Gasteiger partial charge in [0.15, 0.2) is 18.3 Å². The lowest BCUT2D eigenvalue weighted by atomic mass is 9.91. The number of rotatable bonds is 9. The van der Waals surface area contributed by atoms with Crippen molar-refractivity contribution >= 4 is 30.0 Å². The molecule has 0 radical (unpaired) electrons. The molecule has 0 bridgehead atoms. The molecule has 6 atom stereocenters. The van der Waals surface area contributed by atoms with Gasteiger partial charge in [0.05, 0.1) is 18.8 Å². The lowest BCUT2D eigenvalue weighted by Crippen LogP contribution is -2.62. The van der Waals surface area contributed by atoms with Gasteiger partial charge in [0.1, 0.15) is 24.0 Å². The lowest BCUT2D eigenvalue weighted by Gasteiger charge is -2.44. The molecule has 13 nitrogen and oxygen atoms in total. The summed E-state index contributed by atoms with van der Waals surface area (Å²) in [5.41, 5.74) is -1.56. The van der Waals surface area contributed by atoms with Crippen molar-refractivity contribution in [1.82, 2.24) is 4.90 Å². The van der Waals surface area contributed by atoms with E-state index in [9.17, 15) is 24.0 Å². The molecule has 0 spiro atoms. The number of hydrogen-bond donors (Lipinski definition) is 0. The highest BCUT2D eigenvalue weighted by molar-refractivity contribution is 5.70. The Morgan fingerprint density at radius 3 is 1.82 bits per heavy atom. The molecule has 228 valence electrons. The maximum absolute atomic E-state index is 13.0. The topological polar surface area (TPSA) is 153 Å². The van der Waals surface area contributed by atoms with Gasteiger partial charge in [0.25, 0.3) is 0 Å². The van der Waals surface area contributed by atoms with E-state index in [-0.39, 0.29) is 12.6 Å². The highest BCUT2D eigenvalue weighted by atomic mass is 16.7. The summed E-state index contributed by atoms with van der Waals surface area (Å²) in [6, 6.07) is -0.296. The van der Waals surface area contributed by atoms with Crippen LogP contribution in [0.25, 0.3) is 0 Å². The summed E-state index contributed by atoms with van der Waals surface area (Å²) in [5, 5.41) is 0. The minimum atomic E-state index is -1.21. The molecule has 0 saturated carbocycles. The first-order chi connectivity index (χ1) is 18.4. The van der Waals surface area contributed by atoms with Gasteiger partial charge in [-0.15, -0.1) is 0 Å². The van der Waals surface area contributed by atoms with Crippen LogP contribution in [0.3, 0.4) is 0 Å². The molecule has 0 aromatic carbocycles. The molecule has 0 aromatic heterocycles. The number of nitrogens with zero attached hydrogens (tertiary/aromatic N) is 1. The fourth-order valence-corrected chi connectivity index (χ4v) is 4.88. The fourth-order valence-electron chi connectivity index (χ4n) is 4.88. The first kappa shape index (κ1) is 33.3. The second-order valence-corrected chi connectivity index (χ2v) is 11.4. The molecule has 2 rings (SSSR count). The highest BCUT2D eigenvalue weighted by Gasteiger charge is 2.52. The van der Waals surface area contributed by atoms with Gasteiger partial charge in [-0.1, -0.05) is 0 Å². The molecule has 1 amide bonds. The zero-order valence-corrected chi connectivity index (χ0v) is 24.8. The predicted octanol–water partition coefficient (Wildman–Crippen LogP) is 2.65. The molecule has 0 aromatic rings. The maximum Gasteiger partial charge on any atom is 0.412 e. The van der Waals surface area contributed by atoms with Crippen LogP contribution in [0.5, 0.6) is 0 Å². The summed E-state index contributed by atoms with van der Waals surface area (Å²) < 4.78 is 39.2. The van der Waals surface area contributed by atoms with Gasteiger partial charge in [0, 0.05) is 27.7 Å². The molecule has 13 heteroatoms. The second kappa shape index (κ2) is 13.6. The Bertz CT molecular complexity index is 942. The van der Waals surface area contributed by atoms with Crippen LogP contribution in [-0.2, 0) is 52.3 Å². The predicted molar refractivity (Wildman–Crippen MR) is 138 cm³/mol. The third-order valence-electron chi connectivity index (χ3n) is 6.28. The van der Waals surface area contributed by atoms with Crippen LogP contribution in [0.15, 0.2) is 0 Å². The van der Waals surface area contributed by atoms with E-state index in [0.29, 0.717) is 25.9 Å². The van der Waals surface area contributed by atoms with E-state index in [1.807, 2.05) is 0 Å². The van der Waals surface area contributed by atoms with Gasteiger partial charge in [-0.25, -0.2) is 4.79 Å². The summed E-state index contributed by atoms with van der Waals surface area (Å²) in [4.78, 5) is 62.0. The number of carbonyl (C=O) groups is 5. The first-order valence-electron chi connectivity index (χ1n) is 13.4. The molecule has 2 fully saturated rings. The van der Waals surface area contributed by atoms with Crippen LogP contribution in [0.4, 0.5) is 4.79 Å². The number of esters is 4. The number of amides is 1. The molecule has 2 saturated heterocycles. The SMILES string of the molecule is CC(=O)OC[C@H]1O[C@H](CCC[C@H]2COC(C)(C)N2C(=O)OC(C)(C)C)[C@H](OC(C)=O)[C@@H](OC(C)=O)[C@H]1OC(C)=O. The molecular formula is C27H43NO12. The van der Waals surface area contributed by atoms with Crippen molar-refractivity contribution in [2.24, 2.45) is 0 Å². The van der Waals surface area contributed by atoms with Gasteiger partial charge >= 0.3 is 30.0 Å². The van der Waals surface area contributed by atoms with E-state index in [2.05, 4.69) is 0 Å². The van der Waals surface area contributed by atoms with E-state index >= 15 is 0 Å². The van der Waals surface area contributed by atoms with Crippen LogP contribution in [-0.4, -0.2) is 96.0 Å². The minimum absolute atomic E-state index is 0.286. The second-order valence-electron chi connectivity index (χ2n) is 11.4. The highest BCUT2D eigenvalue weighted by Crippen LogP contribution is 2.34. The summed E-state index contributed by atoms with van der Waals surface area (Å²) in [6.45, 7) is 13.7. The fraction of sp³-hybridized carbons (Fsp3) is 0.815. The summed E-state index contributed by atoms with van der Waals surface area (Å²) in [6.07, 6.45) is -4.55. The standard InChI is InChI=1S/C27H43NO12/c1-15(29)34-14-21-23(37-17(3)31)24(38-18(4)32)22(36-16(2)30)20(39-21)12-10-11-19-13-35-27(8,9)28(19)25(33)40-26(5,6)7/h19-24H,10-14H2,1-9H3/t19-,20+,21+,22-,23-,24+/m0/s1. The first-order valence-corrected chi connectivity index (χ1v) is 13.4. The van der Waals surface area contributed by atoms with Crippen LogP contribution in [0.2, 0.25) is 0 Å². The van der Waals surface area contributed by atoms with Gasteiger partial charge in [0.2, 0.25) is 0 Å². The molecule has 2 aliphatic rings. The van der Waals surface area contributed by atoms with Crippen molar-refractivity contribution in [2.75, 3.05) is 13.2 Å². The lowest BCUT2D eigenvalue weighted by molar-refractivity contribution is -0.253. The van der Waals surface area contributed by atoms with Crippen molar-refractivity contribution < 1.29 is 57.1 Å². The molecule has 0 unspecified atom stereocenters. The third-order valence-corrected chi connectivity index (χ3v) is 6.28. The molecule has 40 heavy (non-hydrogen) atoms. The average Bonchev–Trinajstić information content (AvgIpc) is 3.08. The van der Waals surface area contributed by atoms with E-state index in [4.69, 9.17) is 33.2 Å². The van der Waals surface area contributed by atoms with Gasteiger partial charge in [-0.2, -0.15) is 0 Å². The Hall–Kier alpha value is -2.93.